The number of hydrogen-bond donors (Lipinski definition) is 2. The van der Waals surface area contributed by atoms with Crippen molar-refractivity contribution in [3.05, 3.63) is 48.6 Å². The summed E-state index contributed by atoms with van der Waals surface area (Å²) in [7, 11) is 0. The molecule has 0 radical (unpaired) electrons. The summed E-state index contributed by atoms with van der Waals surface area (Å²) in [4.78, 5) is 24.0. The van der Waals surface area contributed by atoms with E-state index in [4.69, 9.17) is 9.47 Å². The summed E-state index contributed by atoms with van der Waals surface area (Å²) in [6.07, 6.45) is 30.8. The molecule has 2 atom stereocenters. The smallest absolute Gasteiger partial charge is 0.306 e. The van der Waals surface area contributed by atoms with E-state index in [1.807, 2.05) is 24.3 Å². The Balaban J connectivity index is 3.81. The first-order valence-corrected chi connectivity index (χ1v) is 16.2. The lowest BCUT2D eigenvalue weighted by Crippen LogP contribution is -2.28. The Morgan fingerprint density at radius 3 is 2.07 bits per heavy atom. The number of esters is 2. The molecule has 0 bridgehead atoms. The van der Waals surface area contributed by atoms with Gasteiger partial charge in [-0.15, -0.1) is 0 Å². The molecule has 0 aliphatic carbocycles. The van der Waals surface area contributed by atoms with Gasteiger partial charge in [0.1, 0.15) is 6.61 Å². The van der Waals surface area contributed by atoms with Crippen LogP contribution in [0.25, 0.3) is 0 Å². The van der Waals surface area contributed by atoms with Gasteiger partial charge in [-0.2, -0.15) is 0 Å². The summed E-state index contributed by atoms with van der Waals surface area (Å²) < 4.78 is 10.5. The highest BCUT2D eigenvalue weighted by atomic mass is 16.6. The van der Waals surface area contributed by atoms with Crippen molar-refractivity contribution in [2.75, 3.05) is 13.2 Å². The summed E-state index contributed by atoms with van der Waals surface area (Å²) in [5, 5.41) is 19.3. The molecule has 0 heterocycles. The molecule has 0 aromatic carbocycles. The zero-order valence-corrected chi connectivity index (χ0v) is 26.3. The Hall–Kier alpha value is -2.18. The van der Waals surface area contributed by atoms with E-state index in [2.05, 4.69) is 45.1 Å². The quantitative estimate of drug-likeness (QED) is 0.0442. The van der Waals surface area contributed by atoms with Crippen molar-refractivity contribution in [3.63, 3.8) is 0 Å². The van der Waals surface area contributed by atoms with Crippen LogP contribution in [-0.4, -0.2) is 47.6 Å². The van der Waals surface area contributed by atoms with E-state index in [-0.39, 0.29) is 37.7 Å². The molecule has 0 aliphatic heterocycles. The Morgan fingerprint density at radius 2 is 1.37 bits per heavy atom. The highest BCUT2D eigenvalue weighted by Gasteiger charge is 2.15. The second-order valence-corrected chi connectivity index (χ2v) is 11.2. The lowest BCUT2D eigenvalue weighted by Gasteiger charge is -2.15. The number of unbranched alkanes of at least 4 members (excludes halogenated alkanes) is 8. The van der Waals surface area contributed by atoms with Gasteiger partial charge in [0.05, 0.1) is 12.7 Å². The van der Waals surface area contributed by atoms with Crippen LogP contribution in [0, 0.1) is 5.92 Å². The maximum absolute atomic E-state index is 12.1. The first kappa shape index (κ1) is 38.8. The van der Waals surface area contributed by atoms with E-state index >= 15 is 0 Å². The third-order valence-corrected chi connectivity index (χ3v) is 6.66. The number of aliphatic hydroxyl groups excluding tert-OH is 2. The van der Waals surface area contributed by atoms with Gasteiger partial charge < -0.3 is 19.7 Å². The summed E-state index contributed by atoms with van der Waals surface area (Å²) >= 11 is 0. The van der Waals surface area contributed by atoms with E-state index in [1.165, 1.54) is 32.1 Å². The van der Waals surface area contributed by atoms with Crippen LogP contribution < -0.4 is 0 Å². The normalized spacial score (nSPS) is 13.7. The van der Waals surface area contributed by atoms with Gasteiger partial charge in [0.15, 0.2) is 6.10 Å². The van der Waals surface area contributed by atoms with Crippen LogP contribution in [0.5, 0.6) is 0 Å². The van der Waals surface area contributed by atoms with Crippen LogP contribution in [0.15, 0.2) is 48.6 Å². The van der Waals surface area contributed by atoms with E-state index < -0.39 is 6.10 Å². The van der Waals surface area contributed by atoms with Crippen molar-refractivity contribution in [1.82, 2.24) is 0 Å². The molecule has 236 valence electrons. The molecule has 0 rings (SSSR count). The van der Waals surface area contributed by atoms with Gasteiger partial charge >= 0.3 is 11.9 Å². The van der Waals surface area contributed by atoms with E-state index in [0.717, 1.165) is 63.7 Å². The van der Waals surface area contributed by atoms with Crippen LogP contribution in [0.1, 0.15) is 130 Å². The first-order valence-electron chi connectivity index (χ1n) is 16.2. The molecule has 0 aliphatic rings. The molecule has 0 spiro atoms. The lowest BCUT2D eigenvalue weighted by atomic mass is 10.0. The van der Waals surface area contributed by atoms with Gasteiger partial charge in [-0.3, -0.25) is 9.59 Å². The zero-order chi connectivity index (χ0) is 30.4. The number of aliphatic hydroxyl groups is 2. The number of rotatable bonds is 27. The Bertz CT molecular complexity index is 737. The van der Waals surface area contributed by atoms with Gasteiger partial charge in [-0.25, -0.2) is 0 Å². The SMILES string of the molecule is CCCCC[C@H](O)/C=C/C=C\C/C=C\C/C=C\CCCC(=O)O[C@@H](CO)COC(=O)CCCCCCCCC(C)C. The first-order chi connectivity index (χ1) is 19.9. The minimum atomic E-state index is -0.812. The molecule has 0 saturated heterocycles. The highest BCUT2D eigenvalue weighted by molar-refractivity contribution is 5.70. The van der Waals surface area contributed by atoms with Gasteiger partial charge in [-0.1, -0.05) is 127 Å². The minimum Gasteiger partial charge on any atom is -0.462 e. The Morgan fingerprint density at radius 1 is 0.732 bits per heavy atom. The number of allylic oxidation sites excluding steroid dienone is 7. The van der Waals surface area contributed by atoms with Crippen molar-refractivity contribution in [2.24, 2.45) is 5.92 Å². The Labute approximate surface area is 251 Å². The summed E-state index contributed by atoms with van der Waals surface area (Å²) in [6.45, 7) is 6.19. The summed E-state index contributed by atoms with van der Waals surface area (Å²) in [6, 6.07) is 0. The third-order valence-electron chi connectivity index (χ3n) is 6.66. The lowest BCUT2D eigenvalue weighted by molar-refractivity contribution is -0.161. The van der Waals surface area contributed by atoms with Crippen LogP contribution >= 0.6 is 0 Å². The molecule has 0 fully saturated rings. The monoisotopic (exact) mass is 576 g/mol. The number of ether oxygens (including phenoxy) is 2. The maximum Gasteiger partial charge on any atom is 0.306 e. The van der Waals surface area contributed by atoms with Crippen molar-refractivity contribution in [1.29, 1.82) is 0 Å². The van der Waals surface area contributed by atoms with E-state index in [1.54, 1.807) is 0 Å². The number of hydrogen-bond acceptors (Lipinski definition) is 6. The highest BCUT2D eigenvalue weighted by Crippen LogP contribution is 2.12. The fraction of sp³-hybridized carbons (Fsp3) is 0.714. The maximum atomic E-state index is 12.1. The average molecular weight is 577 g/mol. The molecule has 41 heavy (non-hydrogen) atoms. The van der Waals surface area contributed by atoms with Gasteiger partial charge in [-0.05, 0) is 44.4 Å². The minimum absolute atomic E-state index is 0.102. The van der Waals surface area contributed by atoms with Crippen LogP contribution in [-0.2, 0) is 19.1 Å². The predicted octanol–water partition coefficient (Wildman–Crippen LogP) is 8.33. The standard InChI is InChI=1S/C35H60O6/c1-4-5-19-25-32(37)26-21-16-11-9-7-6-8-10-12-18-23-28-35(39)41-33(29-36)30-40-34(38)27-22-17-14-13-15-20-24-31(2)3/h6-7,10-12,16,21,26,31-33,36-37H,4-5,8-9,13-15,17-20,22-25,27-30H2,1-3H3/b7-6-,12-10-,16-11-,26-21+/t32-,33-/m0/s1. The van der Waals surface area contributed by atoms with Gasteiger partial charge in [0.2, 0.25) is 0 Å². The molecule has 2 N–H and O–H groups in total. The van der Waals surface area contributed by atoms with Crippen LogP contribution in [0.2, 0.25) is 0 Å². The van der Waals surface area contributed by atoms with Crippen molar-refractivity contribution in [2.45, 2.75) is 142 Å². The molecule has 0 aromatic rings. The molecule has 6 nitrogen and oxygen atoms in total. The Kier molecular flexibility index (Phi) is 27.8. The average Bonchev–Trinajstić information content (AvgIpc) is 2.94. The summed E-state index contributed by atoms with van der Waals surface area (Å²) in [5.74, 6) is 0.0709. The largest absolute Gasteiger partial charge is 0.462 e. The second-order valence-electron chi connectivity index (χ2n) is 11.2. The molecular weight excluding hydrogens is 516 g/mol. The van der Waals surface area contributed by atoms with E-state index in [9.17, 15) is 19.8 Å². The molecule has 0 unspecified atom stereocenters. The second kappa shape index (κ2) is 29.3. The van der Waals surface area contributed by atoms with Gasteiger partial charge in [0.25, 0.3) is 0 Å². The van der Waals surface area contributed by atoms with Crippen LogP contribution in [0.4, 0.5) is 0 Å². The topological polar surface area (TPSA) is 93.1 Å². The fourth-order valence-electron chi connectivity index (χ4n) is 4.13. The van der Waals surface area contributed by atoms with Crippen molar-refractivity contribution >= 4 is 11.9 Å². The van der Waals surface area contributed by atoms with Crippen molar-refractivity contribution < 1.29 is 29.3 Å². The molecule has 6 heteroatoms. The fourth-order valence-corrected chi connectivity index (χ4v) is 4.13. The molecule has 0 aromatic heterocycles. The number of carbonyl (C=O) groups is 2. The van der Waals surface area contributed by atoms with E-state index in [0.29, 0.717) is 12.8 Å². The molecule has 0 amide bonds. The number of carbonyl (C=O) groups excluding carboxylic acids is 2. The molecule has 0 saturated carbocycles. The zero-order valence-electron chi connectivity index (χ0n) is 26.3. The third kappa shape index (κ3) is 29.1. The summed E-state index contributed by atoms with van der Waals surface area (Å²) in [5.41, 5.74) is 0. The molecular formula is C35H60O6. The van der Waals surface area contributed by atoms with Crippen molar-refractivity contribution in [3.8, 4) is 0 Å². The van der Waals surface area contributed by atoms with Crippen LogP contribution in [0.3, 0.4) is 0 Å². The predicted molar refractivity (Wildman–Crippen MR) is 169 cm³/mol. The van der Waals surface area contributed by atoms with Gasteiger partial charge in [0, 0.05) is 12.8 Å².